The van der Waals surface area contributed by atoms with Crippen molar-refractivity contribution in [1.82, 2.24) is 15.2 Å². The summed E-state index contributed by atoms with van der Waals surface area (Å²) in [5, 5.41) is 8.32. The fraction of sp³-hybridized carbons (Fsp3) is 0.190. The van der Waals surface area contributed by atoms with Crippen LogP contribution in [0.25, 0.3) is 0 Å². The Morgan fingerprint density at radius 1 is 1.15 bits per heavy atom. The second-order valence-electron chi connectivity index (χ2n) is 6.55. The van der Waals surface area contributed by atoms with Gasteiger partial charge in [0, 0.05) is 10.7 Å². The number of amides is 1. The first-order chi connectivity index (χ1) is 13.0. The number of hydrazone groups is 1. The van der Waals surface area contributed by atoms with E-state index in [-0.39, 0.29) is 5.91 Å². The molecular formula is C21H21BrN4O. The van der Waals surface area contributed by atoms with E-state index in [2.05, 4.69) is 57.5 Å². The van der Waals surface area contributed by atoms with Crippen LogP contribution >= 0.6 is 15.9 Å². The third-order valence-electron chi connectivity index (χ3n) is 4.11. The van der Waals surface area contributed by atoms with Gasteiger partial charge < -0.3 is 0 Å². The second-order valence-corrected chi connectivity index (χ2v) is 7.46. The number of carbonyl (C=O) groups excluding carboxylic acids is 1. The largest absolute Gasteiger partial charge is 0.291 e. The molecule has 0 aliphatic heterocycles. The van der Waals surface area contributed by atoms with Crippen LogP contribution in [0.2, 0.25) is 0 Å². The van der Waals surface area contributed by atoms with Crippen LogP contribution in [0, 0.1) is 0 Å². The van der Waals surface area contributed by atoms with Gasteiger partial charge in [-0.25, -0.2) is 5.43 Å². The Morgan fingerprint density at radius 3 is 2.52 bits per heavy atom. The molecule has 0 atom stereocenters. The quantitative estimate of drug-likeness (QED) is 0.464. The molecule has 1 amide bonds. The monoisotopic (exact) mass is 424 g/mol. The molecule has 1 N–H and O–H groups in total. The highest BCUT2D eigenvalue weighted by atomic mass is 79.9. The van der Waals surface area contributed by atoms with Gasteiger partial charge in [0.1, 0.15) is 0 Å². The molecule has 6 heteroatoms. The summed E-state index contributed by atoms with van der Waals surface area (Å²) < 4.78 is 2.76. The van der Waals surface area contributed by atoms with Crippen molar-refractivity contribution in [3.8, 4) is 0 Å². The molecule has 0 radical (unpaired) electrons. The molecule has 0 bridgehead atoms. The molecule has 0 spiro atoms. The highest BCUT2D eigenvalue weighted by Gasteiger charge is 2.08. The average Bonchev–Trinajstić information content (AvgIpc) is 3.12. The number of hydrogen-bond acceptors (Lipinski definition) is 3. The summed E-state index contributed by atoms with van der Waals surface area (Å²) in [5.41, 5.74) is 6.16. The number of nitrogens with zero attached hydrogens (tertiary/aromatic N) is 3. The maximum Gasteiger partial charge on any atom is 0.291 e. The van der Waals surface area contributed by atoms with Crippen LogP contribution in [0.4, 0.5) is 0 Å². The van der Waals surface area contributed by atoms with Gasteiger partial charge in [0.2, 0.25) is 0 Å². The van der Waals surface area contributed by atoms with Crippen molar-refractivity contribution in [2.24, 2.45) is 5.10 Å². The standard InChI is InChI=1S/C21H21BrN4O/c1-15(2)18-7-3-16(4-8-18)13-23-24-21(27)20-11-12-26(25-20)14-17-5-9-19(22)10-6-17/h3-13,15H,14H2,1-2H3,(H,24,27)/b23-13+. The van der Waals surface area contributed by atoms with Crippen molar-refractivity contribution in [1.29, 1.82) is 0 Å². The number of benzene rings is 2. The topological polar surface area (TPSA) is 59.3 Å². The minimum absolute atomic E-state index is 0.333. The Labute approximate surface area is 167 Å². The predicted molar refractivity (Wildman–Crippen MR) is 111 cm³/mol. The van der Waals surface area contributed by atoms with E-state index < -0.39 is 0 Å². The summed E-state index contributed by atoms with van der Waals surface area (Å²) in [6.45, 7) is 4.91. The first kappa shape index (κ1) is 19.0. The summed E-state index contributed by atoms with van der Waals surface area (Å²) in [6, 6.07) is 17.8. The summed E-state index contributed by atoms with van der Waals surface area (Å²) in [5.74, 6) is 0.155. The zero-order valence-electron chi connectivity index (χ0n) is 15.3. The number of hydrogen-bond donors (Lipinski definition) is 1. The lowest BCUT2D eigenvalue weighted by Crippen LogP contribution is -2.18. The van der Waals surface area contributed by atoms with Gasteiger partial charge in [-0.05, 0) is 40.8 Å². The van der Waals surface area contributed by atoms with E-state index in [9.17, 15) is 4.79 Å². The molecule has 3 rings (SSSR count). The van der Waals surface area contributed by atoms with Gasteiger partial charge >= 0.3 is 0 Å². The SMILES string of the molecule is CC(C)c1ccc(/C=N/NC(=O)c2ccn(Cc3ccc(Br)cc3)n2)cc1. The molecule has 1 aromatic heterocycles. The van der Waals surface area contributed by atoms with E-state index in [0.717, 1.165) is 15.6 Å². The summed E-state index contributed by atoms with van der Waals surface area (Å²) in [6.07, 6.45) is 3.41. The molecule has 138 valence electrons. The Kier molecular flexibility index (Phi) is 6.19. The number of halogens is 1. The molecule has 0 saturated heterocycles. The van der Waals surface area contributed by atoms with Crippen LogP contribution < -0.4 is 5.43 Å². The van der Waals surface area contributed by atoms with Crippen molar-refractivity contribution < 1.29 is 4.79 Å². The van der Waals surface area contributed by atoms with Crippen LogP contribution in [0.3, 0.4) is 0 Å². The molecule has 3 aromatic rings. The zero-order valence-corrected chi connectivity index (χ0v) is 16.8. The van der Waals surface area contributed by atoms with Crippen molar-refractivity contribution in [2.75, 3.05) is 0 Å². The van der Waals surface area contributed by atoms with Crippen molar-refractivity contribution >= 4 is 28.1 Å². The van der Waals surface area contributed by atoms with E-state index in [1.165, 1.54) is 5.56 Å². The van der Waals surface area contributed by atoms with Gasteiger partial charge in [-0.2, -0.15) is 10.2 Å². The van der Waals surface area contributed by atoms with Gasteiger partial charge in [0.25, 0.3) is 5.91 Å². The molecule has 0 unspecified atom stereocenters. The van der Waals surface area contributed by atoms with Gasteiger partial charge in [-0.1, -0.05) is 66.2 Å². The number of nitrogens with one attached hydrogen (secondary N) is 1. The van der Waals surface area contributed by atoms with Crippen LogP contribution in [0.1, 0.15) is 46.9 Å². The van der Waals surface area contributed by atoms with Gasteiger partial charge in [-0.15, -0.1) is 0 Å². The molecule has 0 fully saturated rings. The number of rotatable bonds is 6. The van der Waals surface area contributed by atoms with Gasteiger partial charge in [0.15, 0.2) is 5.69 Å². The first-order valence-corrected chi connectivity index (χ1v) is 9.52. The highest BCUT2D eigenvalue weighted by Crippen LogP contribution is 2.14. The maximum absolute atomic E-state index is 12.2. The number of carbonyl (C=O) groups is 1. The van der Waals surface area contributed by atoms with Crippen molar-refractivity contribution in [3.05, 3.63) is 87.7 Å². The Morgan fingerprint density at radius 2 is 1.85 bits per heavy atom. The number of aromatic nitrogens is 2. The van der Waals surface area contributed by atoms with Gasteiger partial charge in [-0.3, -0.25) is 9.48 Å². The Bertz CT molecular complexity index is 928. The summed E-state index contributed by atoms with van der Waals surface area (Å²) in [7, 11) is 0. The summed E-state index contributed by atoms with van der Waals surface area (Å²) in [4.78, 5) is 12.2. The van der Waals surface area contributed by atoms with E-state index >= 15 is 0 Å². The third kappa shape index (κ3) is 5.37. The molecule has 1 heterocycles. The van der Waals surface area contributed by atoms with Crippen LogP contribution in [0.5, 0.6) is 0 Å². The summed E-state index contributed by atoms with van der Waals surface area (Å²) >= 11 is 3.42. The Balaban J connectivity index is 1.56. The van der Waals surface area contributed by atoms with Crippen LogP contribution in [-0.4, -0.2) is 21.9 Å². The lowest BCUT2D eigenvalue weighted by molar-refractivity contribution is 0.0949. The minimum Gasteiger partial charge on any atom is -0.268 e. The fourth-order valence-electron chi connectivity index (χ4n) is 2.54. The molecule has 0 aliphatic rings. The Hall–Kier alpha value is -2.73. The lowest BCUT2D eigenvalue weighted by Gasteiger charge is -2.04. The normalized spacial score (nSPS) is 11.3. The molecule has 2 aromatic carbocycles. The predicted octanol–water partition coefficient (Wildman–Crippen LogP) is 4.58. The van der Waals surface area contributed by atoms with E-state index in [4.69, 9.17) is 0 Å². The second kappa shape index (κ2) is 8.77. The van der Waals surface area contributed by atoms with Gasteiger partial charge in [0.05, 0.1) is 12.8 Å². The molecular weight excluding hydrogens is 404 g/mol. The lowest BCUT2D eigenvalue weighted by atomic mass is 10.0. The average molecular weight is 425 g/mol. The van der Waals surface area contributed by atoms with Crippen molar-refractivity contribution in [3.63, 3.8) is 0 Å². The first-order valence-electron chi connectivity index (χ1n) is 8.72. The smallest absolute Gasteiger partial charge is 0.268 e. The third-order valence-corrected chi connectivity index (χ3v) is 4.64. The van der Waals surface area contributed by atoms with Crippen LogP contribution in [0.15, 0.2) is 70.4 Å². The van der Waals surface area contributed by atoms with E-state index in [1.807, 2.05) is 36.4 Å². The van der Waals surface area contributed by atoms with E-state index in [1.54, 1.807) is 23.2 Å². The molecule has 0 saturated carbocycles. The molecule has 27 heavy (non-hydrogen) atoms. The maximum atomic E-state index is 12.2. The van der Waals surface area contributed by atoms with Crippen LogP contribution in [-0.2, 0) is 6.54 Å². The van der Waals surface area contributed by atoms with Crippen molar-refractivity contribution in [2.45, 2.75) is 26.3 Å². The minimum atomic E-state index is -0.334. The fourth-order valence-corrected chi connectivity index (χ4v) is 2.80. The van der Waals surface area contributed by atoms with E-state index in [0.29, 0.717) is 18.2 Å². The highest BCUT2D eigenvalue weighted by molar-refractivity contribution is 9.10. The molecule has 5 nitrogen and oxygen atoms in total. The zero-order chi connectivity index (χ0) is 19.2. The molecule has 0 aliphatic carbocycles.